The lowest BCUT2D eigenvalue weighted by Crippen LogP contribution is -2.47. The molecule has 0 saturated carbocycles. The van der Waals surface area contributed by atoms with E-state index in [-0.39, 0.29) is 6.04 Å². The van der Waals surface area contributed by atoms with E-state index >= 15 is 0 Å². The van der Waals surface area contributed by atoms with Crippen molar-refractivity contribution in [2.24, 2.45) is 0 Å². The van der Waals surface area contributed by atoms with Crippen LogP contribution in [0.2, 0.25) is 0 Å². The number of nitrogens with zero attached hydrogens (tertiary/aromatic N) is 3. The molecule has 0 aliphatic carbocycles. The van der Waals surface area contributed by atoms with Gasteiger partial charge in [-0.2, -0.15) is 4.98 Å². The Morgan fingerprint density at radius 2 is 1.82 bits per heavy atom. The molecule has 0 fully saturated rings. The Labute approximate surface area is 198 Å². The predicted octanol–water partition coefficient (Wildman–Crippen LogP) is 4.06. The van der Waals surface area contributed by atoms with Crippen LogP contribution in [0.4, 0.5) is 0 Å². The van der Waals surface area contributed by atoms with Crippen molar-refractivity contribution in [3.05, 3.63) is 65.7 Å². The summed E-state index contributed by atoms with van der Waals surface area (Å²) in [7, 11) is 4.94. The van der Waals surface area contributed by atoms with Gasteiger partial charge in [0.05, 0.1) is 32.4 Å². The van der Waals surface area contributed by atoms with Crippen molar-refractivity contribution >= 4 is 22.9 Å². The summed E-state index contributed by atoms with van der Waals surface area (Å²) >= 11 is 5.68. The van der Waals surface area contributed by atoms with Gasteiger partial charge in [-0.05, 0) is 61.1 Å². The molecule has 1 aromatic heterocycles. The average molecular weight is 467 g/mol. The van der Waals surface area contributed by atoms with Crippen LogP contribution in [0, 0.1) is 0 Å². The van der Waals surface area contributed by atoms with Crippen LogP contribution in [-0.2, 0) is 4.74 Å². The van der Waals surface area contributed by atoms with E-state index in [0.717, 1.165) is 33.9 Å². The van der Waals surface area contributed by atoms with Crippen molar-refractivity contribution in [3.63, 3.8) is 0 Å². The Bertz CT molecular complexity index is 1160. The number of aromatic nitrogens is 2. The summed E-state index contributed by atoms with van der Waals surface area (Å²) in [6.07, 6.45) is 0. The van der Waals surface area contributed by atoms with Crippen molar-refractivity contribution < 1.29 is 18.7 Å². The smallest absolute Gasteiger partial charge is 0.258 e. The van der Waals surface area contributed by atoms with Gasteiger partial charge >= 0.3 is 0 Å². The molecule has 0 spiro atoms. The monoisotopic (exact) mass is 466 g/mol. The van der Waals surface area contributed by atoms with Crippen LogP contribution in [0.15, 0.2) is 58.8 Å². The van der Waals surface area contributed by atoms with E-state index in [0.29, 0.717) is 30.0 Å². The molecule has 1 atom stereocenters. The topological polar surface area (TPSA) is 81.9 Å². The second-order valence-corrected chi connectivity index (χ2v) is 7.84. The van der Waals surface area contributed by atoms with E-state index < -0.39 is 0 Å². The molecule has 1 N–H and O–H groups in total. The highest BCUT2D eigenvalue weighted by Gasteiger charge is 2.34. The molecule has 1 unspecified atom stereocenters. The summed E-state index contributed by atoms with van der Waals surface area (Å²) in [6.45, 7) is 3.13. The van der Waals surface area contributed by atoms with Crippen LogP contribution in [0.25, 0.3) is 17.0 Å². The zero-order valence-electron chi connectivity index (χ0n) is 19.0. The number of benzene rings is 2. The fourth-order valence-corrected chi connectivity index (χ4v) is 4.12. The SMILES string of the molecule is COCCN1C(=S)NC(c2cccc(OC)c2)C(c2nc(-c3ccc(OC)cc3)no2)=C1C. The minimum atomic E-state index is -0.282. The zero-order chi connectivity index (χ0) is 23.4. The minimum absolute atomic E-state index is 0.282. The molecule has 2 aromatic carbocycles. The first-order valence-corrected chi connectivity index (χ1v) is 10.9. The van der Waals surface area contributed by atoms with Crippen molar-refractivity contribution in [1.29, 1.82) is 0 Å². The van der Waals surface area contributed by atoms with Crippen LogP contribution in [0.1, 0.15) is 24.4 Å². The molecule has 1 aliphatic rings. The Morgan fingerprint density at radius 1 is 1.06 bits per heavy atom. The lowest BCUT2D eigenvalue weighted by atomic mass is 9.94. The Hall–Kier alpha value is -3.43. The molecule has 172 valence electrons. The van der Waals surface area contributed by atoms with Gasteiger partial charge in [0.15, 0.2) is 5.11 Å². The van der Waals surface area contributed by atoms with E-state index in [1.807, 2.05) is 60.4 Å². The second-order valence-electron chi connectivity index (χ2n) is 7.45. The summed E-state index contributed by atoms with van der Waals surface area (Å²) in [6, 6.07) is 15.1. The predicted molar refractivity (Wildman–Crippen MR) is 129 cm³/mol. The highest BCUT2D eigenvalue weighted by atomic mass is 32.1. The standard InChI is InChI=1S/C24H26N4O4S/c1-15-20(23-26-22(27-32-23)16-8-10-18(30-3)11-9-16)21(17-6-5-7-19(14-17)31-4)25-24(33)28(15)12-13-29-2/h5-11,14,21H,12-13H2,1-4H3,(H,25,33). The molecular formula is C24H26N4O4S. The van der Waals surface area contributed by atoms with E-state index in [1.54, 1.807) is 21.3 Å². The third-order valence-electron chi connectivity index (χ3n) is 5.55. The maximum Gasteiger partial charge on any atom is 0.258 e. The molecule has 9 heteroatoms. The number of allylic oxidation sites excluding steroid dienone is 1. The van der Waals surface area contributed by atoms with Crippen LogP contribution in [0.5, 0.6) is 11.5 Å². The Kier molecular flexibility index (Phi) is 6.90. The molecule has 4 rings (SSSR count). The van der Waals surface area contributed by atoms with Gasteiger partial charge in [-0.25, -0.2) is 0 Å². The van der Waals surface area contributed by atoms with Gasteiger partial charge in [0.25, 0.3) is 5.89 Å². The third-order valence-corrected chi connectivity index (χ3v) is 5.89. The van der Waals surface area contributed by atoms with Crippen LogP contribution in [-0.4, -0.2) is 54.6 Å². The lowest BCUT2D eigenvalue weighted by molar-refractivity contribution is 0.183. The number of hydrogen-bond donors (Lipinski definition) is 1. The Morgan fingerprint density at radius 3 is 2.52 bits per heavy atom. The normalized spacial score (nSPS) is 16.1. The number of rotatable bonds is 8. The Balaban J connectivity index is 1.78. The lowest BCUT2D eigenvalue weighted by Gasteiger charge is -2.37. The first-order valence-electron chi connectivity index (χ1n) is 10.5. The van der Waals surface area contributed by atoms with Crippen molar-refractivity contribution in [1.82, 2.24) is 20.4 Å². The molecular weight excluding hydrogens is 440 g/mol. The number of nitrogens with one attached hydrogen (secondary N) is 1. The highest BCUT2D eigenvalue weighted by Crippen LogP contribution is 2.38. The number of ether oxygens (including phenoxy) is 3. The van der Waals surface area contributed by atoms with Gasteiger partial charge < -0.3 is 29.0 Å². The number of methoxy groups -OCH3 is 3. The molecule has 0 radical (unpaired) electrons. The maximum atomic E-state index is 5.76. The largest absolute Gasteiger partial charge is 0.497 e. The zero-order valence-corrected chi connectivity index (χ0v) is 19.8. The van der Waals surface area contributed by atoms with Crippen molar-refractivity contribution in [3.8, 4) is 22.9 Å². The van der Waals surface area contributed by atoms with Crippen LogP contribution >= 0.6 is 12.2 Å². The van der Waals surface area contributed by atoms with Gasteiger partial charge in [0, 0.05) is 24.9 Å². The third kappa shape index (κ3) is 4.69. The number of hydrogen-bond acceptors (Lipinski definition) is 7. The fourth-order valence-electron chi connectivity index (χ4n) is 3.77. The van der Waals surface area contributed by atoms with E-state index in [1.165, 1.54) is 0 Å². The van der Waals surface area contributed by atoms with Crippen LogP contribution < -0.4 is 14.8 Å². The van der Waals surface area contributed by atoms with E-state index in [4.69, 9.17) is 35.9 Å². The first-order chi connectivity index (χ1) is 16.0. The summed E-state index contributed by atoms with van der Waals surface area (Å²) in [5, 5.41) is 8.27. The highest BCUT2D eigenvalue weighted by molar-refractivity contribution is 7.80. The van der Waals surface area contributed by atoms with E-state index in [2.05, 4.69) is 10.5 Å². The molecule has 33 heavy (non-hydrogen) atoms. The maximum absolute atomic E-state index is 5.76. The number of thiocarbonyl (C=S) groups is 1. The molecule has 0 bridgehead atoms. The van der Waals surface area contributed by atoms with Gasteiger partial charge in [-0.3, -0.25) is 0 Å². The summed E-state index contributed by atoms with van der Waals surface area (Å²) in [5.41, 5.74) is 3.58. The van der Waals surface area contributed by atoms with Crippen LogP contribution in [0.3, 0.4) is 0 Å². The van der Waals surface area contributed by atoms with Gasteiger partial charge in [-0.1, -0.05) is 17.3 Å². The second kappa shape index (κ2) is 10.0. The minimum Gasteiger partial charge on any atom is -0.497 e. The molecule has 0 saturated heterocycles. The molecule has 0 amide bonds. The summed E-state index contributed by atoms with van der Waals surface area (Å²) in [5.74, 6) is 2.43. The molecule has 3 aromatic rings. The molecule has 8 nitrogen and oxygen atoms in total. The molecule has 1 aliphatic heterocycles. The quantitative estimate of drug-likeness (QED) is 0.494. The first kappa shape index (κ1) is 22.8. The van der Waals surface area contributed by atoms with Gasteiger partial charge in [0.2, 0.25) is 5.82 Å². The van der Waals surface area contributed by atoms with Gasteiger partial charge in [-0.15, -0.1) is 0 Å². The summed E-state index contributed by atoms with van der Waals surface area (Å²) in [4.78, 5) is 6.71. The average Bonchev–Trinajstić information content (AvgIpc) is 3.33. The van der Waals surface area contributed by atoms with Crippen molar-refractivity contribution in [2.45, 2.75) is 13.0 Å². The molecule has 2 heterocycles. The fraction of sp³-hybridized carbons (Fsp3) is 0.292. The van der Waals surface area contributed by atoms with Gasteiger partial charge in [0.1, 0.15) is 11.5 Å². The van der Waals surface area contributed by atoms with Crippen molar-refractivity contribution in [2.75, 3.05) is 34.5 Å². The summed E-state index contributed by atoms with van der Waals surface area (Å²) < 4.78 is 21.7. The van der Waals surface area contributed by atoms with E-state index in [9.17, 15) is 0 Å².